The average Bonchev–Trinajstić information content (AvgIpc) is 2.92. The Kier molecular flexibility index (Phi) is 4.86. The molecular weight excluding hydrogens is 344 g/mol. The summed E-state index contributed by atoms with van der Waals surface area (Å²) in [6.07, 6.45) is 6.53. The zero-order valence-electron chi connectivity index (χ0n) is 16.0. The lowest BCUT2D eigenvalue weighted by molar-refractivity contribution is -0.132. The Hall–Kier alpha value is -1.69. The van der Waals surface area contributed by atoms with Crippen LogP contribution < -0.4 is 5.32 Å². The summed E-state index contributed by atoms with van der Waals surface area (Å²) in [5.74, 6) is 3.31. The van der Waals surface area contributed by atoms with E-state index in [0.717, 1.165) is 46.8 Å². The smallest absolute Gasteiger partial charge is 0.241 e. The van der Waals surface area contributed by atoms with Crippen LogP contribution in [-0.4, -0.2) is 40.4 Å². The van der Waals surface area contributed by atoms with Crippen LogP contribution in [0.15, 0.2) is 0 Å². The zero-order valence-corrected chi connectivity index (χ0v) is 16.8. The predicted octanol–water partition coefficient (Wildman–Crippen LogP) is 4.07. The van der Waals surface area contributed by atoms with Gasteiger partial charge in [0.05, 0.1) is 11.9 Å². The number of nitrogens with zero attached hydrogens (tertiary/aromatic N) is 3. The number of nitrogens with one attached hydrogen (secondary N) is 1. The molecule has 140 valence electrons. The quantitative estimate of drug-likeness (QED) is 0.882. The van der Waals surface area contributed by atoms with Gasteiger partial charge in [-0.25, -0.2) is 9.97 Å². The van der Waals surface area contributed by atoms with E-state index >= 15 is 0 Å². The van der Waals surface area contributed by atoms with Gasteiger partial charge in [-0.15, -0.1) is 11.3 Å². The highest BCUT2D eigenvalue weighted by Crippen LogP contribution is 2.36. The minimum absolute atomic E-state index is 0.197. The lowest BCUT2D eigenvalue weighted by Gasteiger charge is -2.41. The molecule has 1 saturated carbocycles. The van der Waals surface area contributed by atoms with Crippen LogP contribution in [0.2, 0.25) is 0 Å². The summed E-state index contributed by atoms with van der Waals surface area (Å²) in [5.41, 5.74) is 1.21. The van der Waals surface area contributed by atoms with E-state index in [1.807, 2.05) is 6.92 Å². The number of fused-ring (bicyclic) bond motifs is 2. The van der Waals surface area contributed by atoms with E-state index in [0.29, 0.717) is 6.54 Å². The Morgan fingerprint density at radius 2 is 1.92 bits per heavy atom. The van der Waals surface area contributed by atoms with Gasteiger partial charge in [0.25, 0.3) is 0 Å². The van der Waals surface area contributed by atoms with E-state index in [9.17, 15) is 4.79 Å². The number of hydrogen-bond acceptors (Lipinski definition) is 5. The number of piperidine rings is 1. The SMILES string of the molecule is Cc1nc(NCC(=O)N2CC[C@H]3CCCC[C@@H]3C2)c2c(C)c(C)sc2n1. The molecule has 1 N–H and O–H groups in total. The fourth-order valence-corrected chi connectivity index (χ4v) is 5.66. The van der Waals surface area contributed by atoms with Gasteiger partial charge in [0.15, 0.2) is 0 Å². The van der Waals surface area contributed by atoms with E-state index in [1.54, 1.807) is 11.3 Å². The van der Waals surface area contributed by atoms with Gasteiger partial charge in [0.2, 0.25) is 5.91 Å². The zero-order chi connectivity index (χ0) is 18.3. The molecule has 2 aliphatic rings. The van der Waals surface area contributed by atoms with Crippen LogP contribution in [0.1, 0.15) is 48.4 Å². The third-order valence-electron chi connectivity index (χ3n) is 6.19. The molecule has 1 aliphatic carbocycles. The van der Waals surface area contributed by atoms with Gasteiger partial charge in [-0.1, -0.05) is 19.3 Å². The first-order chi connectivity index (χ1) is 12.5. The predicted molar refractivity (Wildman–Crippen MR) is 107 cm³/mol. The molecule has 2 aromatic rings. The van der Waals surface area contributed by atoms with E-state index in [2.05, 4.69) is 34.0 Å². The third-order valence-corrected chi connectivity index (χ3v) is 7.29. The van der Waals surface area contributed by atoms with Crippen molar-refractivity contribution in [3.05, 3.63) is 16.3 Å². The number of aromatic nitrogens is 2. The third kappa shape index (κ3) is 3.31. The van der Waals surface area contributed by atoms with Crippen molar-refractivity contribution in [3.8, 4) is 0 Å². The van der Waals surface area contributed by atoms with Crippen LogP contribution in [0, 0.1) is 32.6 Å². The number of hydrogen-bond donors (Lipinski definition) is 1. The Morgan fingerprint density at radius 3 is 2.73 bits per heavy atom. The van der Waals surface area contributed by atoms with Gasteiger partial charge in [-0.05, 0) is 51.0 Å². The van der Waals surface area contributed by atoms with E-state index < -0.39 is 0 Å². The minimum atomic E-state index is 0.197. The molecule has 0 spiro atoms. The van der Waals surface area contributed by atoms with Crippen LogP contribution in [-0.2, 0) is 4.79 Å². The standard InChI is InChI=1S/C20H28N4OS/c1-12-13(2)26-20-18(12)19(22-14(3)23-20)21-10-17(25)24-9-8-15-6-4-5-7-16(15)11-24/h15-16H,4-11H2,1-3H3,(H,21,22,23)/t15-,16-/m1/s1. The van der Waals surface area contributed by atoms with Crippen LogP contribution in [0.25, 0.3) is 10.2 Å². The van der Waals surface area contributed by atoms with Crippen molar-refractivity contribution in [2.24, 2.45) is 11.8 Å². The molecule has 2 atom stereocenters. The number of amides is 1. The molecule has 2 aromatic heterocycles. The van der Waals surface area contributed by atoms with Crippen molar-refractivity contribution in [2.45, 2.75) is 52.9 Å². The summed E-state index contributed by atoms with van der Waals surface area (Å²) < 4.78 is 0. The van der Waals surface area contributed by atoms with Crippen LogP contribution in [0.5, 0.6) is 0 Å². The van der Waals surface area contributed by atoms with Crippen molar-refractivity contribution in [1.29, 1.82) is 0 Å². The molecule has 0 aromatic carbocycles. The normalized spacial score (nSPS) is 23.1. The largest absolute Gasteiger partial charge is 0.360 e. The molecule has 26 heavy (non-hydrogen) atoms. The second-order valence-electron chi connectivity index (χ2n) is 7.87. The number of anilines is 1. The van der Waals surface area contributed by atoms with E-state index in [-0.39, 0.29) is 5.91 Å². The second kappa shape index (κ2) is 7.14. The maximum atomic E-state index is 12.8. The molecule has 0 radical (unpaired) electrons. The first-order valence-electron chi connectivity index (χ1n) is 9.79. The van der Waals surface area contributed by atoms with Gasteiger partial charge in [0.1, 0.15) is 16.5 Å². The number of carbonyl (C=O) groups excluding carboxylic acids is 1. The summed E-state index contributed by atoms with van der Waals surface area (Å²) in [7, 11) is 0. The number of thiophene rings is 1. The Bertz CT molecular complexity index is 831. The fraction of sp³-hybridized carbons (Fsp3) is 0.650. The van der Waals surface area contributed by atoms with Crippen LogP contribution >= 0.6 is 11.3 Å². The lowest BCUT2D eigenvalue weighted by atomic mass is 9.75. The molecule has 1 saturated heterocycles. The highest BCUT2D eigenvalue weighted by molar-refractivity contribution is 7.18. The van der Waals surface area contributed by atoms with Gasteiger partial charge in [-0.3, -0.25) is 4.79 Å². The number of aryl methyl sites for hydroxylation is 3. The molecule has 1 aliphatic heterocycles. The molecule has 2 fully saturated rings. The van der Waals surface area contributed by atoms with Crippen LogP contribution in [0.4, 0.5) is 5.82 Å². The molecule has 6 heteroatoms. The summed E-state index contributed by atoms with van der Waals surface area (Å²) in [4.78, 5) is 26.2. The molecule has 5 nitrogen and oxygen atoms in total. The number of carbonyl (C=O) groups is 1. The van der Waals surface area contributed by atoms with Gasteiger partial charge in [-0.2, -0.15) is 0 Å². The number of rotatable bonds is 3. The van der Waals surface area contributed by atoms with Crippen LogP contribution in [0.3, 0.4) is 0 Å². The first kappa shape index (κ1) is 17.7. The maximum absolute atomic E-state index is 12.8. The van der Waals surface area contributed by atoms with Crippen molar-refractivity contribution >= 4 is 33.3 Å². The number of likely N-dealkylation sites (tertiary alicyclic amines) is 1. The first-order valence-corrected chi connectivity index (χ1v) is 10.6. The maximum Gasteiger partial charge on any atom is 0.241 e. The Balaban J connectivity index is 1.45. The average molecular weight is 373 g/mol. The molecule has 0 unspecified atom stereocenters. The van der Waals surface area contributed by atoms with Crippen molar-refractivity contribution < 1.29 is 4.79 Å². The fourth-order valence-electron chi connectivity index (χ4n) is 4.58. The van der Waals surface area contributed by atoms with Gasteiger partial charge >= 0.3 is 0 Å². The summed E-state index contributed by atoms with van der Waals surface area (Å²) in [6.45, 7) is 8.30. The topological polar surface area (TPSA) is 58.1 Å². The molecular formula is C20H28N4OS. The Labute approximate surface area is 159 Å². The highest BCUT2D eigenvalue weighted by atomic mass is 32.1. The monoisotopic (exact) mass is 372 g/mol. The van der Waals surface area contributed by atoms with Crippen molar-refractivity contribution in [3.63, 3.8) is 0 Å². The van der Waals surface area contributed by atoms with E-state index in [1.165, 1.54) is 42.5 Å². The molecule has 3 heterocycles. The van der Waals surface area contributed by atoms with Gasteiger partial charge in [0, 0.05) is 18.0 Å². The minimum Gasteiger partial charge on any atom is -0.360 e. The van der Waals surface area contributed by atoms with Crippen molar-refractivity contribution in [1.82, 2.24) is 14.9 Å². The van der Waals surface area contributed by atoms with Crippen molar-refractivity contribution in [2.75, 3.05) is 25.0 Å². The lowest BCUT2D eigenvalue weighted by Crippen LogP contribution is -2.46. The second-order valence-corrected chi connectivity index (χ2v) is 9.07. The summed E-state index contributed by atoms with van der Waals surface area (Å²) >= 11 is 1.70. The highest BCUT2D eigenvalue weighted by Gasteiger charge is 2.32. The van der Waals surface area contributed by atoms with E-state index in [4.69, 9.17) is 0 Å². The molecule has 4 rings (SSSR count). The molecule has 1 amide bonds. The summed E-state index contributed by atoms with van der Waals surface area (Å²) in [6, 6.07) is 0. The molecule has 0 bridgehead atoms. The Morgan fingerprint density at radius 1 is 1.15 bits per heavy atom. The van der Waals surface area contributed by atoms with Gasteiger partial charge < -0.3 is 10.2 Å². The summed E-state index contributed by atoms with van der Waals surface area (Å²) in [5, 5.41) is 4.38.